The Morgan fingerprint density at radius 2 is 1.88 bits per heavy atom. The number of carbonyl (C=O) groups is 1. The Kier molecular flexibility index (Phi) is 5.84. The molecule has 1 fully saturated rings. The number of carbonyl (C=O) groups excluding carboxylic acids is 1. The highest BCUT2D eigenvalue weighted by Crippen LogP contribution is 2.37. The number of hydrogen-bond donors (Lipinski definition) is 0. The van der Waals surface area contributed by atoms with E-state index in [0.717, 1.165) is 11.5 Å². The van der Waals surface area contributed by atoms with Crippen molar-refractivity contribution in [3.05, 3.63) is 54.1 Å². The Morgan fingerprint density at radius 1 is 1.12 bits per heavy atom. The maximum Gasteiger partial charge on any atom is 0.263 e. The van der Waals surface area contributed by atoms with Crippen molar-refractivity contribution >= 4 is 5.91 Å². The largest absolute Gasteiger partial charge is 0.272 e. The molecule has 1 heterocycles. The number of hydrogen-bond acceptors (Lipinski definition) is 2. The van der Waals surface area contributed by atoms with Crippen molar-refractivity contribution in [2.45, 2.75) is 64.2 Å². The monoisotopic (exact) mass is 324 g/mol. The number of aromatic nitrogens is 2. The normalized spacial score (nSPS) is 20.9. The summed E-state index contributed by atoms with van der Waals surface area (Å²) in [4.78, 5) is 16.2. The Labute approximate surface area is 145 Å². The molecule has 0 spiro atoms. The number of benzene rings is 1. The van der Waals surface area contributed by atoms with E-state index in [2.05, 4.69) is 24.0 Å². The Balaban J connectivity index is 1.54. The summed E-state index contributed by atoms with van der Waals surface area (Å²) in [5.41, 5.74) is 2.12. The van der Waals surface area contributed by atoms with Crippen molar-refractivity contribution in [3.8, 4) is 0 Å². The van der Waals surface area contributed by atoms with Crippen molar-refractivity contribution in [2.24, 2.45) is 5.92 Å². The van der Waals surface area contributed by atoms with Crippen molar-refractivity contribution < 1.29 is 4.79 Å². The Bertz CT molecular complexity index is 622. The molecule has 24 heavy (non-hydrogen) atoms. The van der Waals surface area contributed by atoms with Crippen LogP contribution in [-0.4, -0.2) is 15.5 Å². The van der Waals surface area contributed by atoms with Gasteiger partial charge in [0.15, 0.2) is 0 Å². The van der Waals surface area contributed by atoms with Crippen molar-refractivity contribution in [3.63, 3.8) is 0 Å². The van der Waals surface area contributed by atoms with E-state index in [0.29, 0.717) is 5.92 Å². The van der Waals surface area contributed by atoms with Gasteiger partial charge in [-0.3, -0.25) is 9.36 Å². The zero-order valence-corrected chi connectivity index (χ0v) is 14.7. The molecule has 0 radical (unpaired) electrons. The summed E-state index contributed by atoms with van der Waals surface area (Å²) in [6.45, 7) is 2.28. The average Bonchev–Trinajstić information content (AvgIpc) is 3.17. The van der Waals surface area contributed by atoms with Gasteiger partial charge in [0.25, 0.3) is 5.91 Å². The van der Waals surface area contributed by atoms with E-state index < -0.39 is 0 Å². The molecule has 2 aromatic rings. The van der Waals surface area contributed by atoms with Crippen LogP contribution in [0.25, 0.3) is 0 Å². The standard InChI is InChI=1S/C21H28N2O/c1-2-3-4-5-17-6-8-18(9-7-17)19-10-12-20(13-11-19)21(24)23-15-14-22-16-23/h10-18H,2-9H2,1H3. The topological polar surface area (TPSA) is 34.9 Å². The van der Waals surface area contributed by atoms with Crippen LogP contribution in [0.15, 0.2) is 43.0 Å². The first-order valence-electron chi connectivity index (χ1n) is 9.40. The van der Waals surface area contributed by atoms with Gasteiger partial charge in [-0.1, -0.05) is 44.7 Å². The van der Waals surface area contributed by atoms with Gasteiger partial charge in [0.2, 0.25) is 0 Å². The molecule has 0 amide bonds. The van der Waals surface area contributed by atoms with Gasteiger partial charge < -0.3 is 0 Å². The van der Waals surface area contributed by atoms with E-state index in [1.54, 1.807) is 18.7 Å². The molecule has 0 bridgehead atoms. The van der Waals surface area contributed by atoms with Gasteiger partial charge in [0.1, 0.15) is 6.33 Å². The van der Waals surface area contributed by atoms with Crippen LogP contribution in [0.5, 0.6) is 0 Å². The smallest absolute Gasteiger partial charge is 0.263 e. The number of rotatable bonds is 6. The van der Waals surface area contributed by atoms with Crippen LogP contribution in [0.2, 0.25) is 0 Å². The molecule has 1 aliphatic carbocycles. The molecule has 0 saturated heterocycles. The third-order valence-electron chi connectivity index (χ3n) is 5.43. The van der Waals surface area contributed by atoms with Gasteiger partial charge in [0.05, 0.1) is 0 Å². The van der Waals surface area contributed by atoms with E-state index in [1.165, 1.54) is 61.5 Å². The van der Waals surface area contributed by atoms with Gasteiger partial charge in [-0.25, -0.2) is 4.98 Å². The zero-order chi connectivity index (χ0) is 16.8. The van der Waals surface area contributed by atoms with Crippen LogP contribution in [-0.2, 0) is 0 Å². The van der Waals surface area contributed by atoms with Crippen LogP contribution < -0.4 is 0 Å². The summed E-state index contributed by atoms with van der Waals surface area (Å²) in [5.74, 6) is 1.60. The van der Waals surface area contributed by atoms with Gasteiger partial charge >= 0.3 is 0 Å². The highest BCUT2D eigenvalue weighted by molar-refractivity contribution is 5.95. The summed E-state index contributed by atoms with van der Waals surface area (Å²) in [6.07, 6.45) is 15.7. The molecular weight excluding hydrogens is 296 g/mol. The van der Waals surface area contributed by atoms with E-state index >= 15 is 0 Å². The summed E-state index contributed by atoms with van der Waals surface area (Å²) in [5, 5.41) is 0. The van der Waals surface area contributed by atoms with Crippen molar-refractivity contribution in [1.29, 1.82) is 0 Å². The molecule has 1 aromatic carbocycles. The van der Waals surface area contributed by atoms with Crippen molar-refractivity contribution in [1.82, 2.24) is 9.55 Å². The molecule has 0 aliphatic heterocycles. The summed E-state index contributed by atoms with van der Waals surface area (Å²) in [7, 11) is 0. The summed E-state index contributed by atoms with van der Waals surface area (Å²) in [6, 6.07) is 8.22. The predicted molar refractivity (Wildman–Crippen MR) is 97.2 cm³/mol. The minimum Gasteiger partial charge on any atom is -0.272 e. The first-order valence-corrected chi connectivity index (χ1v) is 9.40. The highest BCUT2D eigenvalue weighted by atomic mass is 16.2. The fourth-order valence-corrected chi connectivity index (χ4v) is 3.89. The third-order valence-corrected chi connectivity index (χ3v) is 5.43. The zero-order valence-electron chi connectivity index (χ0n) is 14.7. The quantitative estimate of drug-likeness (QED) is 0.664. The lowest BCUT2D eigenvalue weighted by Gasteiger charge is -2.29. The van der Waals surface area contributed by atoms with E-state index in [-0.39, 0.29) is 5.91 Å². The number of nitrogens with zero attached hydrogens (tertiary/aromatic N) is 2. The van der Waals surface area contributed by atoms with E-state index in [4.69, 9.17) is 0 Å². The summed E-state index contributed by atoms with van der Waals surface area (Å²) < 4.78 is 1.52. The minimum absolute atomic E-state index is 0.0151. The minimum atomic E-state index is -0.0151. The lowest BCUT2D eigenvalue weighted by Crippen LogP contribution is -2.14. The lowest BCUT2D eigenvalue weighted by atomic mass is 9.77. The fourth-order valence-electron chi connectivity index (χ4n) is 3.89. The SMILES string of the molecule is CCCCCC1CCC(c2ccc(C(=O)n3ccnc3)cc2)CC1. The molecule has 1 saturated carbocycles. The van der Waals surface area contributed by atoms with Crippen LogP contribution in [0.3, 0.4) is 0 Å². The second-order valence-electron chi connectivity index (χ2n) is 7.11. The fraction of sp³-hybridized carbons (Fsp3) is 0.524. The van der Waals surface area contributed by atoms with Gasteiger partial charge in [-0.15, -0.1) is 0 Å². The molecule has 3 heteroatoms. The average molecular weight is 324 g/mol. The highest BCUT2D eigenvalue weighted by Gasteiger charge is 2.22. The second-order valence-corrected chi connectivity index (χ2v) is 7.11. The maximum absolute atomic E-state index is 12.3. The van der Waals surface area contributed by atoms with Crippen LogP contribution in [0, 0.1) is 5.92 Å². The molecular formula is C21H28N2O. The predicted octanol–water partition coefficient (Wildman–Crippen LogP) is 5.43. The van der Waals surface area contributed by atoms with Crippen LogP contribution in [0.1, 0.15) is 80.1 Å². The van der Waals surface area contributed by atoms with E-state index in [1.807, 2.05) is 12.1 Å². The van der Waals surface area contributed by atoms with E-state index in [9.17, 15) is 4.79 Å². The summed E-state index contributed by atoms with van der Waals surface area (Å²) >= 11 is 0. The molecule has 0 atom stereocenters. The molecule has 3 nitrogen and oxygen atoms in total. The Hall–Kier alpha value is -1.90. The van der Waals surface area contributed by atoms with Crippen molar-refractivity contribution in [2.75, 3.05) is 0 Å². The first-order chi connectivity index (χ1) is 11.8. The Morgan fingerprint density at radius 3 is 2.50 bits per heavy atom. The lowest BCUT2D eigenvalue weighted by molar-refractivity contribution is 0.0959. The number of unbranched alkanes of at least 4 members (excludes halogenated alkanes) is 2. The molecule has 128 valence electrons. The van der Waals surface area contributed by atoms with Gasteiger partial charge in [0, 0.05) is 18.0 Å². The molecule has 0 unspecified atom stereocenters. The third kappa shape index (κ3) is 4.14. The number of imidazole rings is 1. The van der Waals surface area contributed by atoms with Crippen LogP contribution >= 0.6 is 0 Å². The molecule has 3 rings (SSSR count). The maximum atomic E-state index is 12.3. The molecule has 0 N–H and O–H groups in total. The molecule has 1 aromatic heterocycles. The second kappa shape index (κ2) is 8.27. The van der Waals surface area contributed by atoms with Gasteiger partial charge in [-0.2, -0.15) is 0 Å². The first kappa shape index (κ1) is 16.9. The van der Waals surface area contributed by atoms with Gasteiger partial charge in [-0.05, 0) is 55.2 Å². The molecule has 1 aliphatic rings. The van der Waals surface area contributed by atoms with Crippen LogP contribution in [0.4, 0.5) is 0 Å².